The fourth-order valence-electron chi connectivity index (χ4n) is 7.47. The molecule has 4 aromatic rings. The van der Waals surface area contributed by atoms with Crippen LogP contribution in [0.2, 0.25) is 51.4 Å². The minimum absolute atomic E-state index is 0.266. The van der Waals surface area contributed by atoms with Gasteiger partial charge in [-0.25, -0.2) is 4.98 Å². The van der Waals surface area contributed by atoms with Gasteiger partial charge in [-0.15, -0.1) is 0 Å². The van der Waals surface area contributed by atoms with Gasteiger partial charge < -0.3 is 14.4 Å². The van der Waals surface area contributed by atoms with Crippen molar-refractivity contribution in [2.45, 2.75) is 95.8 Å². The number of fused-ring (bicyclic) bond motifs is 3. The zero-order chi connectivity index (χ0) is 34.6. The van der Waals surface area contributed by atoms with Crippen molar-refractivity contribution >= 4 is 27.6 Å². The molecule has 2 bridgehead atoms. The summed E-state index contributed by atoms with van der Waals surface area (Å²) >= 11 is 0. The molecule has 0 saturated heterocycles. The number of benzene rings is 1. The van der Waals surface area contributed by atoms with Crippen LogP contribution in [0.3, 0.4) is 0 Å². The second-order valence-corrected chi connectivity index (χ2v) is 27.9. The molecular formula is C39H54N6O2Si2. The highest BCUT2D eigenvalue weighted by Gasteiger charge is 2.37. The average Bonchev–Trinajstić information content (AvgIpc) is 3.65. The summed E-state index contributed by atoms with van der Waals surface area (Å²) < 4.78 is 14.8. The van der Waals surface area contributed by atoms with Crippen LogP contribution in [-0.4, -0.2) is 62.4 Å². The Morgan fingerprint density at radius 2 is 1.49 bits per heavy atom. The Bertz CT molecular complexity index is 1710. The summed E-state index contributed by atoms with van der Waals surface area (Å²) in [7, 11) is -2.55. The monoisotopic (exact) mass is 694 g/mol. The molecule has 49 heavy (non-hydrogen) atoms. The van der Waals surface area contributed by atoms with Crippen molar-refractivity contribution in [3.8, 4) is 28.5 Å². The van der Waals surface area contributed by atoms with Gasteiger partial charge in [-0.05, 0) is 49.3 Å². The van der Waals surface area contributed by atoms with E-state index in [1.807, 2.05) is 35.1 Å². The Morgan fingerprint density at radius 3 is 2.06 bits per heavy atom. The van der Waals surface area contributed by atoms with E-state index in [-0.39, 0.29) is 6.42 Å². The number of pyridine rings is 1. The minimum atomic E-state index is -1.27. The Labute approximate surface area is 294 Å². The van der Waals surface area contributed by atoms with Crippen molar-refractivity contribution in [1.29, 1.82) is 5.26 Å². The Kier molecular flexibility index (Phi) is 11.0. The summed E-state index contributed by atoms with van der Waals surface area (Å²) in [4.78, 5) is 12.5. The summed E-state index contributed by atoms with van der Waals surface area (Å²) in [6.45, 7) is 16.4. The van der Waals surface area contributed by atoms with E-state index in [4.69, 9.17) is 24.5 Å². The molecule has 1 aromatic carbocycles. The van der Waals surface area contributed by atoms with Crippen LogP contribution in [-0.2, 0) is 15.9 Å². The van der Waals surface area contributed by atoms with Crippen molar-refractivity contribution in [3.63, 3.8) is 0 Å². The first kappa shape index (κ1) is 35.5. The first-order chi connectivity index (χ1) is 23.5. The molecule has 0 amide bonds. The third-order valence-corrected chi connectivity index (χ3v) is 13.6. The van der Waals surface area contributed by atoms with E-state index < -0.39 is 16.1 Å². The van der Waals surface area contributed by atoms with Crippen molar-refractivity contribution in [2.75, 3.05) is 31.6 Å². The maximum atomic E-state index is 10.3. The lowest BCUT2D eigenvalue weighted by Crippen LogP contribution is -2.34. The Morgan fingerprint density at radius 1 is 0.837 bits per heavy atom. The zero-order valence-electron chi connectivity index (χ0n) is 30.4. The molecule has 3 heterocycles. The van der Waals surface area contributed by atoms with Crippen LogP contribution >= 0.6 is 0 Å². The molecule has 10 heteroatoms. The molecule has 8 nitrogen and oxygen atoms in total. The molecule has 0 spiro atoms. The number of hydrogen-bond donors (Lipinski definition) is 0. The van der Waals surface area contributed by atoms with Crippen LogP contribution in [0.25, 0.3) is 28.0 Å². The van der Waals surface area contributed by atoms with Crippen molar-refractivity contribution in [1.82, 2.24) is 19.6 Å². The highest BCUT2D eigenvalue weighted by molar-refractivity contribution is 6.76. The van der Waals surface area contributed by atoms with Crippen molar-refractivity contribution in [3.05, 3.63) is 66.1 Å². The molecule has 6 rings (SSSR count). The molecule has 0 aliphatic heterocycles. The second-order valence-electron chi connectivity index (χ2n) is 16.7. The lowest BCUT2D eigenvalue weighted by atomic mass is 9.78. The van der Waals surface area contributed by atoms with Crippen molar-refractivity contribution in [2.24, 2.45) is 11.8 Å². The molecule has 260 valence electrons. The predicted molar refractivity (Wildman–Crippen MR) is 204 cm³/mol. The largest absolute Gasteiger partial charge is 0.361 e. The number of nitrogens with zero attached hydrogens (tertiary/aromatic N) is 6. The third kappa shape index (κ3) is 8.87. The lowest BCUT2D eigenvalue weighted by Gasteiger charge is -2.32. The maximum Gasteiger partial charge on any atom is 0.165 e. The first-order valence-electron chi connectivity index (χ1n) is 18.2. The number of hydrogen-bond acceptors (Lipinski definition) is 7. The SMILES string of the molecule is C[Si](C)(C)CCOCN(COCC[Si](C)(C)C)c1c(CC#N)c(C2C[C@H]3CC[C@@H](C2)C3)nc2c(-c3ccc(-c4ccccc4)nc3)cnn12. The third-order valence-electron chi connectivity index (χ3n) is 10.2. The van der Waals surface area contributed by atoms with E-state index in [0.29, 0.717) is 32.6 Å². The quantitative estimate of drug-likeness (QED) is 0.0696. The van der Waals surface area contributed by atoms with Gasteiger partial charge in [-0.1, -0.05) is 88.5 Å². The van der Waals surface area contributed by atoms with E-state index in [1.165, 1.54) is 19.3 Å². The molecule has 0 N–H and O–H groups in total. The predicted octanol–water partition coefficient (Wildman–Crippen LogP) is 9.25. The van der Waals surface area contributed by atoms with Crippen LogP contribution in [0.4, 0.5) is 5.82 Å². The molecule has 2 fully saturated rings. The highest BCUT2D eigenvalue weighted by Crippen LogP contribution is 2.49. The van der Waals surface area contributed by atoms with E-state index in [2.05, 4.69) is 74.5 Å². The molecular weight excluding hydrogens is 641 g/mol. The number of ether oxygens (including phenoxy) is 2. The number of aromatic nitrogens is 4. The van der Waals surface area contributed by atoms with Crippen LogP contribution in [0.5, 0.6) is 0 Å². The van der Waals surface area contributed by atoms with Crippen LogP contribution in [0, 0.1) is 23.2 Å². The number of nitriles is 1. The minimum Gasteiger partial charge on any atom is -0.361 e. The van der Waals surface area contributed by atoms with Crippen LogP contribution in [0.1, 0.15) is 49.3 Å². The average molecular weight is 695 g/mol. The summed E-state index contributed by atoms with van der Waals surface area (Å²) in [6.07, 6.45) is 10.3. The maximum absolute atomic E-state index is 10.3. The van der Waals surface area contributed by atoms with Gasteiger partial charge >= 0.3 is 0 Å². The molecule has 3 atom stereocenters. The van der Waals surface area contributed by atoms with E-state index in [9.17, 15) is 5.26 Å². The smallest absolute Gasteiger partial charge is 0.165 e. The standard InChI is InChI=1S/C39H54N6O2Si2/c1-48(2,3)20-18-46-27-44(28-47-19-21-49(4,5)6)39-34(16-17-40)37(33-23-29-12-13-30(22-29)24-33)43-38-35(26-42-45(38)39)32-14-15-36(41-25-32)31-10-8-7-9-11-31/h7-11,14-15,25-26,29-30,33H,12-13,16,18-24,27-28H2,1-6H3/t29-,30+,33?. The lowest BCUT2D eigenvalue weighted by molar-refractivity contribution is 0.0940. The molecule has 2 aliphatic carbocycles. The fraction of sp³-hybridized carbons (Fsp3) is 0.538. The number of rotatable bonds is 15. The molecule has 2 saturated carbocycles. The normalized spacial score (nSPS) is 19.3. The van der Waals surface area contributed by atoms with E-state index in [1.54, 1.807) is 0 Å². The topological polar surface area (TPSA) is 88.6 Å². The van der Waals surface area contributed by atoms with Gasteiger partial charge in [0.05, 0.1) is 30.1 Å². The fourth-order valence-corrected chi connectivity index (χ4v) is 8.99. The van der Waals surface area contributed by atoms with Crippen molar-refractivity contribution < 1.29 is 9.47 Å². The van der Waals surface area contributed by atoms with Gasteiger partial charge in [0.1, 0.15) is 19.3 Å². The van der Waals surface area contributed by atoms with E-state index in [0.717, 1.165) is 81.9 Å². The zero-order valence-corrected chi connectivity index (χ0v) is 32.4. The summed E-state index contributed by atoms with van der Waals surface area (Å²) in [5.41, 5.74) is 6.76. The summed E-state index contributed by atoms with van der Waals surface area (Å²) in [5.74, 6) is 2.68. The Balaban J connectivity index is 1.44. The first-order valence-corrected chi connectivity index (χ1v) is 25.6. The highest BCUT2D eigenvalue weighted by atomic mass is 28.3. The van der Waals surface area contributed by atoms with E-state index >= 15 is 0 Å². The van der Waals surface area contributed by atoms with Gasteiger partial charge in [0, 0.05) is 63.7 Å². The molecule has 0 radical (unpaired) electrons. The Hall–Kier alpha value is -3.37. The summed E-state index contributed by atoms with van der Waals surface area (Å²) in [6, 6.07) is 19.1. The van der Waals surface area contributed by atoms with Gasteiger partial charge in [-0.2, -0.15) is 14.9 Å². The molecule has 1 unspecified atom stereocenters. The van der Waals surface area contributed by atoms with Crippen LogP contribution in [0.15, 0.2) is 54.9 Å². The van der Waals surface area contributed by atoms with Gasteiger partial charge in [0.2, 0.25) is 0 Å². The second kappa shape index (κ2) is 15.3. The van der Waals surface area contributed by atoms with Gasteiger partial charge in [0.15, 0.2) is 5.65 Å². The molecule has 2 aliphatic rings. The summed E-state index contributed by atoms with van der Waals surface area (Å²) in [5, 5.41) is 15.2. The molecule has 3 aromatic heterocycles. The van der Waals surface area contributed by atoms with Gasteiger partial charge in [-0.3, -0.25) is 4.98 Å². The number of anilines is 1. The van der Waals surface area contributed by atoms with Crippen LogP contribution < -0.4 is 4.90 Å². The van der Waals surface area contributed by atoms with Gasteiger partial charge in [0.25, 0.3) is 0 Å².